The minimum atomic E-state index is 0.185. The number of hydrogen-bond acceptors (Lipinski definition) is 2. The third-order valence-electron chi connectivity index (χ3n) is 1.51. The van der Waals surface area contributed by atoms with Gasteiger partial charge < -0.3 is 0 Å². The van der Waals surface area contributed by atoms with Crippen molar-refractivity contribution in [2.45, 2.75) is 25.5 Å². The molecular weight excluding hydrogens is 144 g/mol. The third-order valence-corrected chi connectivity index (χ3v) is 2.78. The normalized spacial score (nSPS) is 29.4. The zero-order chi connectivity index (χ0) is 7.56. The highest BCUT2D eigenvalue weighted by molar-refractivity contribution is 8.00. The second-order valence-electron chi connectivity index (χ2n) is 2.74. The summed E-state index contributed by atoms with van der Waals surface area (Å²) >= 11 is 1.93. The lowest BCUT2D eigenvalue weighted by atomic mass is 10.1. The smallest absolute Gasteiger partial charge is 0.152 e. The van der Waals surface area contributed by atoms with Crippen molar-refractivity contribution in [2.75, 3.05) is 5.75 Å². The average Bonchev–Trinajstić information content (AvgIpc) is 2.13. The zero-order valence-corrected chi connectivity index (χ0v) is 7.20. The van der Waals surface area contributed by atoms with Crippen LogP contribution in [0.25, 0.3) is 0 Å². The molecule has 10 heavy (non-hydrogen) atoms. The highest BCUT2D eigenvalue weighted by Gasteiger charge is 2.14. The summed E-state index contributed by atoms with van der Waals surface area (Å²) in [5.41, 5.74) is 1.31. The molecule has 0 bridgehead atoms. The third kappa shape index (κ3) is 2.18. The number of thioether (sulfide) groups is 1. The molecule has 0 aromatic heterocycles. The number of carbonyl (C=O) groups excluding carboxylic acids is 1. The van der Waals surface area contributed by atoms with Crippen LogP contribution in [0.15, 0.2) is 11.6 Å². The molecule has 0 aliphatic carbocycles. The van der Waals surface area contributed by atoms with Crippen LogP contribution in [0, 0.1) is 0 Å². The predicted molar refractivity (Wildman–Crippen MR) is 45.3 cm³/mol. The Morgan fingerprint density at radius 1 is 1.80 bits per heavy atom. The van der Waals surface area contributed by atoms with Gasteiger partial charge in [-0.3, -0.25) is 4.79 Å². The molecule has 2 heteroatoms. The number of hydrogen-bond donors (Lipinski definition) is 0. The minimum Gasteiger partial charge on any atom is -0.295 e. The fourth-order valence-electron chi connectivity index (χ4n) is 1.12. The summed E-state index contributed by atoms with van der Waals surface area (Å²) < 4.78 is 0. The fourth-order valence-corrected chi connectivity index (χ4v) is 2.16. The van der Waals surface area contributed by atoms with Crippen LogP contribution in [0.2, 0.25) is 0 Å². The van der Waals surface area contributed by atoms with Crippen molar-refractivity contribution in [1.82, 2.24) is 0 Å². The first kappa shape index (κ1) is 7.86. The topological polar surface area (TPSA) is 17.1 Å². The lowest BCUT2D eigenvalue weighted by Crippen LogP contribution is -1.89. The summed E-state index contributed by atoms with van der Waals surface area (Å²) in [6, 6.07) is 0. The van der Waals surface area contributed by atoms with Crippen molar-refractivity contribution in [2.24, 2.45) is 0 Å². The summed E-state index contributed by atoms with van der Waals surface area (Å²) in [5, 5.41) is 0.714. The summed E-state index contributed by atoms with van der Waals surface area (Å²) in [5.74, 6) is 1.24. The Kier molecular flexibility index (Phi) is 2.55. The molecule has 1 unspecified atom stereocenters. The van der Waals surface area contributed by atoms with E-state index >= 15 is 0 Å². The van der Waals surface area contributed by atoms with E-state index in [9.17, 15) is 4.79 Å². The van der Waals surface area contributed by atoms with Gasteiger partial charge in [0.05, 0.1) is 0 Å². The van der Waals surface area contributed by atoms with Crippen LogP contribution in [0.5, 0.6) is 0 Å². The Bertz CT molecular complexity index is 172. The fraction of sp³-hybridized carbons (Fsp3) is 0.625. The van der Waals surface area contributed by atoms with Crippen LogP contribution < -0.4 is 0 Å². The molecule has 1 aliphatic rings. The van der Waals surface area contributed by atoms with Crippen molar-refractivity contribution in [3.8, 4) is 0 Å². The second-order valence-corrected chi connectivity index (χ2v) is 4.17. The van der Waals surface area contributed by atoms with Gasteiger partial charge in [-0.25, -0.2) is 0 Å². The molecule has 0 saturated carbocycles. The lowest BCUT2D eigenvalue weighted by molar-refractivity contribution is -0.112. The van der Waals surface area contributed by atoms with Crippen LogP contribution >= 0.6 is 11.8 Å². The molecule has 1 atom stereocenters. The Balaban J connectivity index is 2.51. The molecule has 1 aliphatic heterocycles. The molecule has 0 radical (unpaired) electrons. The van der Waals surface area contributed by atoms with E-state index in [2.05, 4.69) is 6.92 Å². The lowest BCUT2D eigenvalue weighted by Gasteiger charge is -1.92. The Hall–Kier alpha value is -0.240. The molecular formula is C8H12OS. The molecule has 0 amide bonds. The van der Waals surface area contributed by atoms with Gasteiger partial charge in [-0.1, -0.05) is 12.5 Å². The maximum atomic E-state index is 10.6. The monoisotopic (exact) mass is 156 g/mol. The van der Waals surface area contributed by atoms with Crippen LogP contribution in [-0.4, -0.2) is 16.8 Å². The van der Waals surface area contributed by atoms with E-state index in [0.717, 1.165) is 12.2 Å². The number of rotatable bonds is 1. The summed E-state index contributed by atoms with van der Waals surface area (Å²) in [4.78, 5) is 10.6. The average molecular weight is 156 g/mol. The number of ketones is 1. The van der Waals surface area contributed by atoms with Crippen molar-refractivity contribution in [3.63, 3.8) is 0 Å². The molecule has 56 valence electrons. The molecule has 1 saturated heterocycles. The first-order valence-electron chi connectivity index (χ1n) is 3.50. The molecule has 0 aromatic carbocycles. The van der Waals surface area contributed by atoms with Gasteiger partial charge in [0.25, 0.3) is 0 Å². The standard InChI is InChI=1S/C8H12OS/c1-6(9)3-8-4-7(2)10-5-8/h3,7H,4-5H2,1-2H3/b8-3+. The van der Waals surface area contributed by atoms with E-state index in [-0.39, 0.29) is 5.78 Å². The molecule has 1 nitrogen and oxygen atoms in total. The molecule has 1 heterocycles. The van der Waals surface area contributed by atoms with E-state index in [0.29, 0.717) is 5.25 Å². The Labute approximate surface area is 65.9 Å². The van der Waals surface area contributed by atoms with E-state index in [1.165, 1.54) is 5.57 Å². The van der Waals surface area contributed by atoms with Crippen molar-refractivity contribution >= 4 is 17.5 Å². The van der Waals surface area contributed by atoms with Crippen molar-refractivity contribution in [3.05, 3.63) is 11.6 Å². The molecule has 1 rings (SSSR count). The SMILES string of the molecule is CC(=O)/C=C1/CSC(C)C1. The number of carbonyl (C=O) groups is 1. The van der Waals surface area contributed by atoms with Gasteiger partial charge in [-0.15, -0.1) is 0 Å². The van der Waals surface area contributed by atoms with Gasteiger partial charge >= 0.3 is 0 Å². The maximum absolute atomic E-state index is 10.6. The van der Waals surface area contributed by atoms with Gasteiger partial charge in [0, 0.05) is 11.0 Å². The van der Waals surface area contributed by atoms with Crippen LogP contribution in [0.4, 0.5) is 0 Å². The highest BCUT2D eigenvalue weighted by atomic mass is 32.2. The largest absolute Gasteiger partial charge is 0.295 e. The van der Waals surface area contributed by atoms with Gasteiger partial charge in [0.15, 0.2) is 5.78 Å². The first-order chi connectivity index (χ1) is 4.68. The Morgan fingerprint density at radius 2 is 2.50 bits per heavy atom. The van der Waals surface area contributed by atoms with E-state index in [4.69, 9.17) is 0 Å². The van der Waals surface area contributed by atoms with Crippen LogP contribution in [0.1, 0.15) is 20.3 Å². The van der Waals surface area contributed by atoms with Crippen molar-refractivity contribution < 1.29 is 4.79 Å². The molecule has 0 spiro atoms. The molecule has 0 aromatic rings. The predicted octanol–water partition coefficient (Wildman–Crippen LogP) is 2.03. The molecule has 1 fully saturated rings. The summed E-state index contributed by atoms with van der Waals surface area (Å²) in [6.45, 7) is 3.81. The Morgan fingerprint density at radius 3 is 2.90 bits per heavy atom. The van der Waals surface area contributed by atoms with Crippen LogP contribution in [-0.2, 0) is 4.79 Å². The first-order valence-corrected chi connectivity index (χ1v) is 4.55. The zero-order valence-electron chi connectivity index (χ0n) is 6.39. The molecule has 0 N–H and O–H groups in total. The second kappa shape index (κ2) is 3.24. The van der Waals surface area contributed by atoms with Gasteiger partial charge in [0.1, 0.15) is 0 Å². The minimum absolute atomic E-state index is 0.185. The van der Waals surface area contributed by atoms with E-state index < -0.39 is 0 Å². The van der Waals surface area contributed by atoms with Gasteiger partial charge in [-0.2, -0.15) is 11.8 Å². The van der Waals surface area contributed by atoms with Crippen LogP contribution in [0.3, 0.4) is 0 Å². The van der Waals surface area contributed by atoms with E-state index in [1.807, 2.05) is 11.8 Å². The van der Waals surface area contributed by atoms with Gasteiger partial charge in [0.2, 0.25) is 0 Å². The van der Waals surface area contributed by atoms with Gasteiger partial charge in [-0.05, 0) is 19.4 Å². The number of allylic oxidation sites excluding steroid dienone is 1. The van der Waals surface area contributed by atoms with Crippen molar-refractivity contribution in [1.29, 1.82) is 0 Å². The van der Waals surface area contributed by atoms with E-state index in [1.54, 1.807) is 13.0 Å². The quantitative estimate of drug-likeness (QED) is 0.540. The highest BCUT2D eigenvalue weighted by Crippen LogP contribution is 2.29. The maximum Gasteiger partial charge on any atom is 0.152 e. The summed E-state index contributed by atoms with van der Waals surface area (Å²) in [6.07, 6.45) is 2.88. The summed E-state index contributed by atoms with van der Waals surface area (Å²) in [7, 11) is 0.